The number of rotatable bonds is 4. The predicted molar refractivity (Wildman–Crippen MR) is 108 cm³/mol. The van der Waals surface area contributed by atoms with Gasteiger partial charge in [0.25, 0.3) is 0 Å². The van der Waals surface area contributed by atoms with Crippen molar-refractivity contribution >= 4 is 11.7 Å². The van der Waals surface area contributed by atoms with Crippen molar-refractivity contribution in [2.75, 3.05) is 24.6 Å². The van der Waals surface area contributed by atoms with Crippen molar-refractivity contribution in [2.45, 2.75) is 43.9 Å². The van der Waals surface area contributed by atoms with Gasteiger partial charge in [-0.3, -0.25) is 4.79 Å². The number of halogens is 1. The number of aryl methyl sites for hydroxylation is 1. The first kappa shape index (κ1) is 19.0. The smallest absolute Gasteiger partial charge is 0.248 e. The Morgan fingerprint density at radius 1 is 1.20 bits per heavy atom. The number of carbonyl (C=O) groups excluding carboxylic acids is 1. The van der Waals surface area contributed by atoms with Crippen LogP contribution in [0, 0.1) is 17.1 Å². The molecule has 0 saturated carbocycles. The number of benzene rings is 1. The van der Waals surface area contributed by atoms with Crippen molar-refractivity contribution in [3.8, 4) is 6.07 Å². The maximum Gasteiger partial charge on any atom is 0.248 e. The first-order valence-corrected chi connectivity index (χ1v) is 10.4. The number of anilines is 1. The first-order chi connectivity index (χ1) is 14.6. The lowest BCUT2D eigenvalue weighted by atomic mass is 10.1. The molecule has 154 valence electrons. The minimum Gasteiger partial charge on any atom is -0.364 e. The number of nitrogens with zero attached hydrogens (tertiary/aromatic N) is 4. The quantitative estimate of drug-likeness (QED) is 0.781. The predicted octanol–water partition coefficient (Wildman–Crippen LogP) is 2.98. The highest BCUT2D eigenvalue weighted by Gasteiger charge is 2.42. The van der Waals surface area contributed by atoms with Gasteiger partial charge >= 0.3 is 0 Å². The zero-order chi connectivity index (χ0) is 20.7. The Balaban J connectivity index is 1.20. The van der Waals surface area contributed by atoms with Crippen LogP contribution in [0.5, 0.6) is 0 Å². The molecule has 2 bridgehead atoms. The van der Waals surface area contributed by atoms with Crippen LogP contribution >= 0.6 is 0 Å². The average molecular weight is 406 g/mol. The molecule has 6 nitrogen and oxygen atoms in total. The summed E-state index contributed by atoms with van der Waals surface area (Å²) < 4.78 is 19.3. The molecule has 1 amide bonds. The van der Waals surface area contributed by atoms with E-state index in [-0.39, 0.29) is 36.5 Å². The van der Waals surface area contributed by atoms with Crippen LogP contribution in [0.3, 0.4) is 0 Å². The second-order valence-corrected chi connectivity index (χ2v) is 8.29. The molecule has 2 unspecified atom stereocenters. The fourth-order valence-corrected chi connectivity index (χ4v) is 5.07. The average Bonchev–Trinajstić information content (AvgIpc) is 3.28. The topological polar surface area (TPSA) is 69.5 Å². The number of nitriles is 1. The van der Waals surface area contributed by atoms with E-state index in [4.69, 9.17) is 10.00 Å². The number of hydrogen-bond acceptors (Lipinski definition) is 5. The molecule has 0 radical (unpaired) electrons. The van der Waals surface area contributed by atoms with E-state index < -0.39 is 0 Å². The van der Waals surface area contributed by atoms with Gasteiger partial charge in [-0.15, -0.1) is 0 Å². The van der Waals surface area contributed by atoms with Crippen LogP contribution in [-0.2, 0) is 16.0 Å². The Morgan fingerprint density at radius 3 is 2.70 bits per heavy atom. The summed E-state index contributed by atoms with van der Waals surface area (Å²) in [5, 5.41) is 8.97. The second kappa shape index (κ2) is 7.69. The number of fused-ring (bicyclic) bond motifs is 3. The Hall–Kier alpha value is -2.98. The van der Waals surface area contributed by atoms with Gasteiger partial charge in [0.15, 0.2) is 0 Å². The molecular weight excluding hydrogens is 383 g/mol. The lowest BCUT2D eigenvalue weighted by Crippen LogP contribution is -2.56. The molecule has 7 heteroatoms. The molecule has 0 N–H and O–H groups in total. The van der Waals surface area contributed by atoms with Crippen molar-refractivity contribution in [1.29, 1.82) is 5.26 Å². The number of amides is 1. The van der Waals surface area contributed by atoms with E-state index in [9.17, 15) is 9.18 Å². The number of ether oxygens (including phenoxy) is 1. The van der Waals surface area contributed by atoms with Crippen LogP contribution in [0.1, 0.15) is 42.1 Å². The van der Waals surface area contributed by atoms with Crippen LogP contribution < -0.4 is 4.90 Å². The molecule has 1 aromatic carbocycles. The minimum absolute atomic E-state index is 0.00917. The summed E-state index contributed by atoms with van der Waals surface area (Å²) in [4.78, 5) is 21.5. The summed E-state index contributed by atoms with van der Waals surface area (Å²) in [7, 11) is 0. The van der Waals surface area contributed by atoms with E-state index in [0.717, 1.165) is 42.6 Å². The molecule has 5 rings (SSSR count). The standard InChI is InChI=1S/C23H23FN4O2/c24-17-3-6-20-16(9-17)2-7-21(20)30-14-23(29)27-12-18-4-5-19(13-27)28(18)22-8-1-15(10-25)11-26-22/h1,3,6,8-9,11,18-19,21H,2,4-5,7,12-14H2/t18-,19?,21?/m0/s1. The molecule has 2 aliphatic heterocycles. The molecule has 2 saturated heterocycles. The molecule has 3 heterocycles. The molecule has 1 aliphatic carbocycles. The monoisotopic (exact) mass is 406 g/mol. The van der Waals surface area contributed by atoms with E-state index in [1.807, 2.05) is 11.0 Å². The number of pyridine rings is 1. The summed E-state index contributed by atoms with van der Waals surface area (Å²) in [6, 6.07) is 11.1. The largest absolute Gasteiger partial charge is 0.364 e. The van der Waals surface area contributed by atoms with Crippen LogP contribution in [0.4, 0.5) is 10.2 Å². The summed E-state index contributed by atoms with van der Waals surface area (Å²) in [5.74, 6) is 0.658. The SMILES string of the molecule is N#Cc1ccc(N2C3CC[C@H]2CN(C(=O)COC2CCc4cc(F)ccc42)C3)nc1. The summed E-state index contributed by atoms with van der Waals surface area (Å²) in [5.41, 5.74) is 2.53. The third-order valence-electron chi connectivity index (χ3n) is 6.51. The molecule has 2 fully saturated rings. The summed E-state index contributed by atoms with van der Waals surface area (Å²) in [6.45, 7) is 1.37. The molecule has 3 aliphatic rings. The van der Waals surface area contributed by atoms with Gasteiger partial charge in [0.05, 0.1) is 11.7 Å². The highest BCUT2D eigenvalue weighted by molar-refractivity contribution is 5.78. The third kappa shape index (κ3) is 3.41. The van der Waals surface area contributed by atoms with Gasteiger partial charge in [0, 0.05) is 31.4 Å². The van der Waals surface area contributed by atoms with Gasteiger partial charge in [0.1, 0.15) is 24.3 Å². The lowest BCUT2D eigenvalue weighted by molar-refractivity contribution is -0.139. The van der Waals surface area contributed by atoms with E-state index in [1.54, 1.807) is 24.4 Å². The normalized spacial score (nSPS) is 24.6. The number of hydrogen-bond donors (Lipinski definition) is 0. The van der Waals surface area contributed by atoms with Gasteiger partial charge < -0.3 is 14.5 Å². The zero-order valence-electron chi connectivity index (χ0n) is 16.6. The Labute approximate surface area is 174 Å². The fraction of sp³-hybridized carbons (Fsp3) is 0.435. The molecule has 3 atom stereocenters. The summed E-state index contributed by atoms with van der Waals surface area (Å²) in [6.07, 6.45) is 5.09. The van der Waals surface area contributed by atoms with Crippen LogP contribution in [0.15, 0.2) is 36.5 Å². The number of aromatic nitrogens is 1. The second-order valence-electron chi connectivity index (χ2n) is 8.29. The molecule has 30 heavy (non-hydrogen) atoms. The van der Waals surface area contributed by atoms with Crippen molar-refractivity contribution in [2.24, 2.45) is 0 Å². The number of carbonyl (C=O) groups is 1. The van der Waals surface area contributed by atoms with Gasteiger partial charge in [0.2, 0.25) is 5.91 Å². The minimum atomic E-state index is -0.226. The van der Waals surface area contributed by atoms with Crippen molar-refractivity contribution in [1.82, 2.24) is 9.88 Å². The molecule has 1 aromatic heterocycles. The van der Waals surface area contributed by atoms with Crippen LogP contribution in [-0.4, -0.2) is 47.6 Å². The molecule has 2 aromatic rings. The van der Waals surface area contributed by atoms with Crippen LogP contribution in [0.2, 0.25) is 0 Å². The molecular formula is C23H23FN4O2. The summed E-state index contributed by atoms with van der Waals surface area (Å²) >= 11 is 0. The van der Waals surface area contributed by atoms with Gasteiger partial charge in [-0.05, 0) is 61.1 Å². The van der Waals surface area contributed by atoms with E-state index in [2.05, 4.69) is 16.0 Å². The molecule has 0 spiro atoms. The third-order valence-corrected chi connectivity index (χ3v) is 6.51. The number of likely N-dealkylation sites (tertiary alicyclic amines) is 1. The number of piperazine rings is 1. The van der Waals surface area contributed by atoms with E-state index >= 15 is 0 Å². The van der Waals surface area contributed by atoms with Gasteiger partial charge in [-0.2, -0.15) is 5.26 Å². The highest BCUT2D eigenvalue weighted by atomic mass is 19.1. The fourth-order valence-electron chi connectivity index (χ4n) is 5.07. The van der Waals surface area contributed by atoms with E-state index in [0.29, 0.717) is 18.7 Å². The maximum atomic E-state index is 13.4. The van der Waals surface area contributed by atoms with Crippen molar-refractivity contribution in [3.05, 3.63) is 59.0 Å². The van der Waals surface area contributed by atoms with Crippen molar-refractivity contribution < 1.29 is 13.9 Å². The van der Waals surface area contributed by atoms with Gasteiger partial charge in [-0.1, -0.05) is 6.07 Å². The van der Waals surface area contributed by atoms with E-state index in [1.165, 1.54) is 6.07 Å². The highest BCUT2D eigenvalue weighted by Crippen LogP contribution is 2.36. The van der Waals surface area contributed by atoms with Crippen LogP contribution in [0.25, 0.3) is 0 Å². The maximum absolute atomic E-state index is 13.4. The van der Waals surface area contributed by atoms with Gasteiger partial charge in [-0.25, -0.2) is 9.37 Å². The zero-order valence-corrected chi connectivity index (χ0v) is 16.6. The van der Waals surface area contributed by atoms with Crippen molar-refractivity contribution in [3.63, 3.8) is 0 Å². The Kier molecular flexibility index (Phi) is 4.87. The Morgan fingerprint density at radius 2 is 2.00 bits per heavy atom. The Bertz CT molecular complexity index is 989. The first-order valence-electron chi connectivity index (χ1n) is 10.4. The lowest BCUT2D eigenvalue weighted by Gasteiger charge is -2.41.